The molecule has 1 fully saturated rings. The molecule has 6 rings (SSSR count). The van der Waals surface area contributed by atoms with Crippen LogP contribution in [-0.2, 0) is 16.1 Å². The minimum Gasteiger partial charge on any atom is -0.454 e. The third kappa shape index (κ3) is 2.82. The summed E-state index contributed by atoms with van der Waals surface area (Å²) in [5.41, 5.74) is 2.24. The molecule has 0 N–H and O–H groups in total. The Labute approximate surface area is 181 Å². The number of imide groups is 1. The molecular formula is C21H16N6O5. The van der Waals surface area contributed by atoms with Crippen LogP contribution in [0.3, 0.4) is 0 Å². The van der Waals surface area contributed by atoms with Crippen LogP contribution in [0.4, 0.5) is 5.69 Å². The third-order valence-electron chi connectivity index (χ3n) is 5.55. The second-order valence-corrected chi connectivity index (χ2v) is 7.62. The highest BCUT2D eigenvalue weighted by Crippen LogP contribution is 2.36. The molecule has 11 nitrogen and oxygen atoms in total. The predicted molar refractivity (Wildman–Crippen MR) is 108 cm³/mol. The van der Waals surface area contributed by atoms with Gasteiger partial charge in [-0.25, -0.2) is 4.90 Å². The molecule has 3 aliphatic rings. The first kappa shape index (κ1) is 18.5. The fraction of sp³-hybridized carbons (Fsp3) is 0.238. The average molecular weight is 432 g/mol. The fourth-order valence-corrected chi connectivity index (χ4v) is 3.91. The zero-order valence-electron chi connectivity index (χ0n) is 16.8. The van der Waals surface area contributed by atoms with Crippen molar-refractivity contribution in [2.24, 2.45) is 10.3 Å². The van der Waals surface area contributed by atoms with Crippen LogP contribution in [0.25, 0.3) is 11.4 Å². The molecule has 2 amide bonds. The monoisotopic (exact) mass is 432 g/mol. The molecule has 0 aliphatic carbocycles. The number of fused-ring (bicyclic) bond motifs is 2. The van der Waals surface area contributed by atoms with Crippen molar-refractivity contribution in [3.05, 3.63) is 53.9 Å². The topological polar surface area (TPSA) is 123 Å². The molecule has 2 aromatic carbocycles. The Morgan fingerprint density at radius 2 is 1.84 bits per heavy atom. The van der Waals surface area contributed by atoms with Gasteiger partial charge in [-0.1, -0.05) is 28.1 Å². The maximum Gasteiger partial charge on any atom is 0.263 e. The van der Waals surface area contributed by atoms with Crippen molar-refractivity contribution in [1.29, 1.82) is 0 Å². The van der Waals surface area contributed by atoms with Gasteiger partial charge in [0.25, 0.3) is 11.8 Å². The van der Waals surface area contributed by atoms with Gasteiger partial charge < -0.3 is 14.0 Å². The van der Waals surface area contributed by atoms with E-state index in [1.54, 1.807) is 30.3 Å². The Morgan fingerprint density at radius 3 is 2.69 bits per heavy atom. The molecular weight excluding hydrogens is 416 g/mol. The van der Waals surface area contributed by atoms with E-state index in [0.717, 1.165) is 10.5 Å². The van der Waals surface area contributed by atoms with Gasteiger partial charge in [-0.2, -0.15) is 10.1 Å². The van der Waals surface area contributed by atoms with Gasteiger partial charge in [0.2, 0.25) is 18.5 Å². The number of carbonyl (C=O) groups excluding carboxylic acids is 2. The number of anilines is 1. The van der Waals surface area contributed by atoms with Crippen molar-refractivity contribution in [2.45, 2.75) is 25.6 Å². The number of carbonyl (C=O) groups is 2. The van der Waals surface area contributed by atoms with Crippen LogP contribution < -0.4 is 14.4 Å². The van der Waals surface area contributed by atoms with Gasteiger partial charge in [0.1, 0.15) is 6.54 Å². The third-order valence-corrected chi connectivity index (χ3v) is 5.55. The van der Waals surface area contributed by atoms with E-state index in [1.165, 1.54) is 5.01 Å². The molecule has 2 atom stereocenters. The molecule has 0 spiro atoms. The summed E-state index contributed by atoms with van der Waals surface area (Å²) in [7, 11) is 0. The molecule has 0 radical (unpaired) electrons. The standard InChI is InChI=1S/C21H16N6O5/c1-11-2-5-13(6-3-11)27-20(28)17-18(21(27)29)26(25-23-17)9-16-22-19(24-32-16)12-4-7-14-15(8-12)31-10-30-14/h2-8,17-18H,9-10H2,1H3/t17-,18+/m1/s1. The van der Waals surface area contributed by atoms with Gasteiger partial charge >= 0.3 is 0 Å². The highest BCUT2D eigenvalue weighted by atomic mass is 16.7. The smallest absolute Gasteiger partial charge is 0.263 e. The normalized spacial score (nSPS) is 21.0. The molecule has 160 valence electrons. The van der Waals surface area contributed by atoms with Crippen LogP contribution in [0.1, 0.15) is 11.5 Å². The van der Waals surface area contributed by atoms with Crippen LogP contribution in [0.5, 0.6) is 11.5 Å². The summed E-state index contributed by atoms with van der Waals surface area (Å²) in [6.45, 7) is 2.15. The molecule has 0 saturated carbocycles. The highest BCUT2D eigenvalue weighted by molar-refractivity contribution is 6.25. The number of hydrogen-bond donors (Lipinski definition) is 0. The van der Waals surface area contributed by atoms with E-state index < -0.39 is 18.0 Å². The molecule has 3 aromatic rings. The number of hydrogen-bond acceptors (Lipinski definition) is 10. The molecule has 3 aliphatic heterocycles. The zero-order chi connectivity index (χ0) is 21.8. The summed E-state index contributed by atoms with van der Waals surface area (Å²) < 4.78 is 16.0. The van der Waals surface area contributed by atoms with Crippen LogP contribution in [0.15, 0.2) is 57.3 Å². The lowest BCUT2D eigenvalue weighted by atomic mass is 10.1. The summed E-state index contributed by atoms with van der Waals surface area (Å²) in [6.07, 6.45) is 0. The number of amides is 2. The lowest BCUT2D eigenvalue weighted by Crippen LogP contribution is -2.39. The van der Waals surface area contributed by atoms with Gasteiger partial charge in [0.05, 0.1) is 5.69 Å². The number of aromatic nitrogens is 2. The number of nitrogens with zero attached hydrogens (tertiary/aromatic N) is 6. The van der Waals surface area contributed by atoms with E-state index in [2.05, 4.69) is 20.5 Å². The lowest BCUT2D eigenvalue weighted by Gasteiger charge is -2.19. The first-order valence-corrected chi connectivity index (χ1v) is 9.93. The Hall–Kier alpha value is -4.28. The Balaban J connectivity index is 1.22. The van der Waals surface area contributed by atoms with Crippen LogP contribution >= 0.6 is 0 Å². The molecule has 0 bridgehead atoms. The van der Waals surface area contributed by atoms with Crippen molar-refractivity contribution < 1.29 is 23.6 Å². The molecule has 1 aromatic heterocycles. The summed E-state index contributed by atoms with van der Waals surface area (Å²) >= 11 is 0. The number of rotatable bonds is 4. The van der Waals surface area contributed by atoms with E-state index in [0.29, 0.717) is 28.6 Å². The Morgan fingerprint density at radius 1 is 1.03 bits per heavy atom. The summed E-state index contributed by atoms with van der Waals surface area (Å²) in [6, 6.07) is 10.8. The van der Waals surface area contributed by atoms with Crippen molar-refractivity contribution in [3.63, 3.8) is 0 Å². The van der Waals surface area contributed by atoms with Crippen molar-refractivity contribution in [3.8, 4) is 22.9 Å². The van der Waals surface area contributed by atoms with E-state index >= 15 is 0 Å². The molecule has 1 saturated heterocycles. The Bertz CT molecular complexity index is 1270. The first-order valence-electron chi connectivity index (χ1n) is 9.93. The van der Waals surface area contributed by atoms with E-state index in [9.17, 15) is 9.59 Å². The summed E-state index contributed by atoms with van der Waals surface area (Å²) in [5.74, 6) is 1.08. The first-order chi connectivity index (χ1) is 15.6. The van der Waals surface area contributed by atoms with Crippen molar-refractivity contribution >= 4 is 17.5 Å². The second kappa shape index (κ2) is 6.87. The van der Waals surface area contributed by atoms with E-state index in [1.807, 2.05) is 19.1 Å². The van der Waals surface area contributed by atoms with Gasteiger partial charge in [-0.05, 0) is 37.3 Å². The van der Waals surface area contributed by atoms with Gasteiger partial charge in [0.15, 0.2) is 23.6 Å². The van der Waals surface area contributed by atoms with Crippen LogP contribution in [0, 0.1) is 6.92 Å². The van der Waals surface area contributed by atoms with Crippen LogP contribution in [-0.4, -0.2) is 45.8 Å². The maximum absolute atomic E-state index is 13.1. The minimum atomic E-state index is -0.889. The zero-order valence-corrected chi connectivity index (χ0v) is 16.8. The van der Waals surface area contributed by atoms with Crippen LogP contribution in [0.2, 0.25) is 0 Å². The van der Waals surface area contributed by atoms with Crippen molar-refractivity contribution in [2.75, 3.05) is 11.7 Å². The van der Waals surface area contributed by atoms with E-state index in [4.69, 9.17) is 14.0 Å². The fourth-order valence-electron chi connectivity index (χ4n) is 3.91. The molecule has 11 heteroatoms. The molecule has 32 heavy (non-hydrogen) atoms. The quantitative estimate of drug-likeness (QED) is 0.576. The van der Waals surface area contributed by atoms with Gasteiger partial charge in [0, 0.05) is 5.56 Å². The SMILES string of the molecule is Cc1ccc(N2C(=O)[C@@H]3[C@@H](N=NN3Cc3nc(-c4ccc5c(c4)OCO5)no3)C2=O)cc1. The second-order valence-electron chi connectivity index (χ2n) is 7.62. The number of aryl methyl sites for hydroxylation is 1. The largest absolute Gasteiger partial charge is 0.454 e. The van der Waals surface area contributed by atoms with Gasteiger partial charge in [-0.3, -0.25) is 14.6 Å². The minimum absolute atomic E-state index is 0.0446. The van der Waals surface area contributed by atoms with Crippen molar-refractivity contribution in [1.82, 2.24) is 15.1 Å². The average Bonchev–Trinajstić information content (AvgIpc) is 3.57. The number of ether oxygens (including phenoxy) is 2. The predicted octanol–water partition coefficient (Wildman–Crippen LogP) is 2.27. The lowest BCUT2D eigenvalue weighted by molar-refractivity contribution is -0.123. The highest BCUT2D eigenvalue weighted by Gasteiger charge is 2.55. The maximum atomic E-state index is 13.1. The molecule has 4 heterocycles. The Kier molecular flexibility index (Phi) is 3.97. The molecule has 0 unspecified atom stereocenters. The summed E-state index contributed by atoms with van der Waals surface area (Å²) in [4.78, 5) is 31.4. The summed E-state index contributed by atoms with van der Waals surface area (Å²) in [5, 5.41) is 13.4. The van der Waals surface area contributed by atoms with Gasteiger partial charge in [-0.15, -0.1) is 0 Å². The van der Waals surface area contributed by atoms with E-state index in [-0.39, 0.29) is 25.1 Å². The number of benzene rings is 2.